The van der Waals surface area contributed by atoms with Crippen LogP contribution >= 0.6 is 12.6 Å². The summed E-state index contributed by atoms with van der Waals surface area (Å²) in [5.41, 5.74) is 0.456. The predicted octanol–water partition coefficient (Wildman–Crippen LogP) is 2.15. The minimum atomic E-state index is -0.712. The second-order valence-electron chi connectivity index (χ2n) is 5.11. The number of nitrogens with zero attached hydrogens (tertiary/aromatic N) is 2. The highest BCUT2D eigenvalue weighted by Gasteiger charge is 2.25. The Morgan fingerprint density at radius 2 is 2.12 bits per heavy atom. The van der Waals surface area contributed by atoms with Crippen LogP contribution in [-0.4, -0.2) is 25.7 Å². The largest absolute Gasteiger partial charge is 0.388 e. The molecule has 1 N–H and O–H groups in total. The molecule has 0 amide bonds. The molecule has 0 spiro atoms. The molecule has 0 fully saturated rings. The summed E-state index contributed by atoms with van der Waals surface area (Å²) in [5, 5.41) is 14.8. The van der Waals surface area contributed by atoms with E-state index < -0.39 is 5.60 Å². The number of aliphatic hydroxyl groups is 1. The zero-order chi connectivity index (χ0) is 12.3. The van der Waals surface area contributed by atoms with Crippen LogP contribution in [0.3, 0.4) is 0 Å². The maximum atomic E-state index is 10.2. The van der Waals surface area contributed by atoms with Gasteiger partial charge in [-0.3, -0.25) is 4.68 Å². The summed E-state index contributed by atoms with van der Waals surface area (Å²) in [6, 6.07) is 0. The van der Waals surface area contributed by atoms with Crippen molar-refractivity contribution in [1.82, 2.24) is 9.78 Å². The molecule has 16 heavy (non-hydrogen) atoms. The standard InChI is InChI=1S/C12H22N2OS/c1-9(2)12(4,15)8-14-7-11(6-13-14)5-10(3)16/h6-7,9-10,15-16H,5,8H2,1-4H3. The van der Waals surface area contributed by atoms with E-state index in [9.17, 15) is 5.11 Å². The van der Waals surface area contributed by atoms with E-state index in [1.54, 1.807) is 0 Å². The Morgan fingerprint density at radius 1 is 1.50 bits per heavy atom. The van der Waals surface area contributed by atoms with Crippen molar-refractivity contribution in [3.8, 4) is 0 Å². The summed E-state index contributed by atoms with van der Waals surface area (Å²) in [6.45, 7) is 8.47. The highest BCUT2D eigenvalue weighted by molar-refractivity contribution is 7.80. The van der Waals surface area contributed by atoms with Gasteiger partial charge in [-0.05, 0) is 24.8 Å². The molecule has 0 bridgehead atoms. The van der Waals surface area contributed by atoms with Crippen molar-refractivity contribution in [2.45, 2.75) is 51.5 Å². The number of hydrogen-bond acceptors (Lipinski definition) is 3. The molecule has 0 aliphatic heterocycles. The quantitative estimate of drug-likeness (QED) is 0.777. The summed E-state index contributed by atoms with van der Waals surface area (Å²) in [4.78, 5) is 0. The Morgan fingerprint density at radius 3 is 2.62 bits per heavy atom. The third-order valence-corrected chi connectivity index (χ3v) is 3.13. The van der Waals surface area contributed by atoms with Crippen LogP contribution < -0.4 is 0 Å². The maximum Gasteiger partial charge on any atom is 0.0837 e. The van der Waals surface area contributed by atoms with Crippen molar-refractivity contribution < 1.29 is 5.11 Å². The minimum Gasteiger partial charge on any atom is -0.388 e. The molecule has 92 valence electrons. The molecular weight excluding hydrogens is 220 g/mol. The lowest BCUT2D eigenvalue weighted by Gasteiger charge is -2.27. The minimum absolute atomic E-state index is 0.212. The van der Waals surface area contributed by atoms with E-state index in [1.165, 1.54) is 5.56 Å². The van der Waals surface area contributed by atoms with Crippen molar-refractivity contribution in [2.75, 3.05) is 0 Å². The SMILES string of the molecule is CC(S)Cc1cnn(CC(C)(O)C(C)C)c1. The van der Waals surface area contributed by atoms with E-state index in [-0.39, 0.29) is 5.92 Å². The Bertz CT molecular complexity index is 332. The zero-order valence-electron chi connectivity index (χ0n) is 10.5. The van der Waals surface area contributed by atoms with E-state index in [4.69, 9.17) is 0 Å². The first kappa shape index (κ1) is 13.6. The molecule has 4 heteroatoms. The van der Waals surface area contributed by atoms with Crippen LogP contribution in [0.4, 0.5) is 0 Å². The van der Waals surface area contributed by atoms with Gasteiger partial charge in [-0.25, -0.2) is 0 Å². The first-order chi connectivity index (χ1) is 7.31. The van der Waals surface area contributed by atoms with Gasteiger partial charge in [0.2, 0.25) is 0 Å². The van der Waals surface area contributed by atoms with Crippen molar-refractivity contribution in [3.63, 3.8) is 0 Å². The molecule has 1 rings (SSSR count). The van der Waals surface area contributed by atoms with E-state index in [0.717, 1.165) is 6.42 Å². The average molecular weight is 242 g/mol. The summed E-state index contributed by atoms with van der Waals surface area (Å²) in [7, 11) is 0. The van der Waals surface area contributed by atoms with Crippen molar-refractivity contribution in [2.24, 2.45) is 5.92 Å². The number of rotatable bonds is 5. The van der Waals surface area contributed by atoms with Crippen LogP contribution in [0, 0.1) is 5.92 Å². The summed E-state index contributed by atoms with van der Waals surface area (Å²) in [6.07, 6.45) is 4.75. The lowest BCUT2D eigenvalue weighted by atomic mass is 9.93. The lowest BCUT2D eigenvalue weighted by Crippen LogP contribution is -2.36. The Balaban J connectivity index is 2.65. The fraction of sp³-hybridized carbons (Fsp3) is 0.750. The van der Waals surface area contributed by atoms with Gasteiger partial charge in [0.1, 0.15) is 0 Å². The van der Waals surface area contributed by atoms with Gasteiger partial charge in [0, 0.05) is 11.4 Å². The van der Waals surface area contributed by atoms with Crippen LogP contribution in [0.1, 0.15) is 33.3 Å². The van der Waals surface area contributed by atoms with Crippen LogP contribution in [0.25, 0.3) is 0 Å². The van der Waals surface area contributed by atoms with Crippen LogP contribution in [0.15, 0.2) is 12.4 Å². The first-order valence-electron chi connectivity index (χ1n) is 5.73. The smallest absolute Gasteiger partial charge is 0.0837 e. The average Bonchev–Trinajstić information content (AvgIpc) is 2.50. The zero-order valence-corrected chi connectivity index (χ0v) is 11.4. The van der Waals surface area contributed by atoms with Gasteiger partial charge >= 0.3 is 0 Å². The molecule has 0 aromatic carbocycles. The van der Waals surface area contributed by atoms with Gasteiger partial charge in [0.05, 0.1) is 18.3 Å². The molecule has 1 aromatic heterocycles. The topological polar surface area (TPSA) is 38.0 Å². The highest BCUT2D eigenvalue weighted by atomic mass is 32.1. The van der Waals surface area contributed by atoms with Crippen LogP contribution in [0.2, 0.25) is 0 Å². The molecule has 0 saturated heterocycles. The van der Waals surface area contributed by atoms with Gasteiger partial charge in [0.15, 0.2) is 0 Å². The monoisotopic (exact) mass is 242 g/mol. The molecule has 3 nitrogen and oxygen atoms in total. The molecular formula is C12H22N2OS. The second kappa shape index (κ2) is 5.23. The summed E-state index contributed by atoms with van der Waals surface area (Å²) >= 11 is 4.35. The fourth-order valence-electron chi connectivity index (χ4n) is 1.45. The Kier molecular flexibility index (Phi) is 4.44. The lowest BCUT2D eigenvalue weighted by molar-refractivity contribution is -0.00568. The highest BCUT2D eigenvalue weighted by Crippen LogP contribution is 2.18. The molecule has 2 unspecified atom stereocenters. The van der Waals surface area contributed by atoms with Crippen molar-refractivity contribution in [3.05, 3.63) is 18.0 Å². The van der Waals surface area contributed by atoms with Gasteiger partial charge in [-0.2, -0.15) is 17.7 Å². The first-order valence-corrected chi connectivity index (χ1v) is 6.24. The van der Waals surface area contributed by atoms with E-state index >= 15 is 0 Å². The predicted molar refractivity (Wildman–Crippen MR) is 69.8 cm³/mol. The number of hydrogen-bond donors (Lipinski definition) is 2. The molecule has 1 heterocycles. The number of aromatic nitrogens is 2. The number of thiol groups is 1. The fourth-order valence-corrected chi connectivity index (χ4v) is 1.66. The van der Waals surface area contributed by atoms with Gasteiger partial charge in [-0.1, -0.05) is 20.8 Å². The van der Waals surface area contributed by atoms with E-state index in [0.29, 0.717) is 11.8 Å². The molecule has 0 aliphatic rings. The summed E-state index contributed by atoms with van der Waals surface area (Å²) in [5.74, 6) is 0.212. The molecule has 0 radical (unpaired) electrons. The van der Waals surface area contributed by atoms with E-state index in [2.05, 4.69) is 24.7 Å². The third kappa shape index (κ3) is 3.83. The van der Waals surface area contributed by atoms with Crippen molar-refractivity contribution in [1.29, 1.82) is 0 Å². The van der Waals surface area contributed by atoms with Gasteiger partial charge in [-0.15, -0.1) is 0 Å². The Hall–Kier alpha value is -0.480. The van der Waals surface area contributed by atoms with Gasteiger partial charge < -0.3 is 5.11 Å². The Labute approximate surface area is 103 Å². The van der Waals surface area contributed by atoms with Crippen LogP contribution in [0.5, 0.6) is 0 Å². The second-order valence-corrected chi connectivity index (χ2v) is 5.99. The molecule has 1 aromatic rings. The van der Waals surface area contributed by atoms with E-state index in [1.807, 2.05) is 37.8 Å². The van der Waals surface area contributed by atoms with Crippen LogP contribution in [-0.2, 0) is 13.0 Å². The third-order valence-electron chi connectivity index (χ3n) is 2.94. The molecule has 0 aliphatic carbocycles. The normalized spacial score (nSPS) is 17.4. The van der Waals surface area contributed by atoms with Crippen molar-refractivity contribution >= 4 is 12.6 Å². The molecule has 2 atom stereocenters. The summed E-state index contributed by atoms with van der Waals surface area (Å²) < 4.78 is 1.81. The maximum absolute atomic E-state index is 10.2. The van der Waals surface area contributed by atoms with Gasteiger partial charge in [0.25, 0.3) is 0 Å². The molecule has 0 saturated carbocycles.